The van der Waals surface area contributed by atoms with E-state index in [0.717, 1.165) is 36.3 Å². The summed E-state index contributed by atoms with van der Waals surface area (Å²) in [5.74, 6) is 0.765. The Morgan fingerprint density at radius 1 is 1.20 bits per heavy atom. The van der Waals surface area contributed by atoms with Crippen LogP contribution in [-0.2, 0) is 13.0 Å². The average molecular weight is 271 g/mol. The van der Waals surface area contributed by atoms with Gasteiger partial charge in [0, 0.05) is 12.1 Å². The van der Waals surface area contributed by atoms with Crippen molar-refractivity contribution < 1.29 is 9.13 Å². The van der Waals surface area contributed by atoms with Gasteiger partial charge in [-0.1, -0.05) is 18.2 Å². The maximum absolute atomic E-state index is 14.2. The Balaban J connectivity index is 1.96. The van der Waals surface area contributed by atoms with Crippen molar-refractivity contribution in [2.75, 3.05) is 13.7 Å². The van der Waals surface area contributed by atoms with Crippen LogP contribution >= 0.6 is 0 Å². The van der Waals surface area contributed by atoms with Crippen molar-refractivity contribution in [1.29, 1.82) is 0 Å². The second-order valence-electron chi connectivity index (χ2n) is 5.12. The van der Waals surface area contributed by atoms with E-state index in [1.54, 1.807) is 6.07 Å². The van der Waals surface area contributed by atoms with Crippen LogP contribution in [0.15, 0.2) is 36.4 Å². The van der Waals surface area contributed by atoms with Gasteiger partial charge in [0.05, 0.1) is 6.61 Å². The molecule has 2 nitrogen and oxygen atoms in total. The van der Waals surface area contributed by atoms with Crippen LogP contribution in [-0.4, -0.2) is 13.7 Å². The molecular formula is C17H18FNO. The molecule has 20 heavy (non-hydrogen) atoms. The van der Waals surface area contributed by atoms with E-state index < -0.39 is 0 Å². The summed E-state index contributed by atoms with van der Waals surface area (Å²) in [4.78, 5) is 0. The van der Waals surface area contributed by atoms with Crippen LogP contribution in [0.25, 0.3) is 11.1 Å². The van der Waals surface area contributed by atoms with E-state index in [9.17, 15) is 4.39 Å². The highest BCUT2D eigenvalue weighted by Crippen LogP contribution is 2.31. The van der Waals surface area contributed by atoms with Crippen LogP contribution in [0.5, 0.6) is 5.75 Å². The molecule has 104 valence electrons. The minimum atomic E-state index is -0.172. The van der Waals surface area contributed by atoms with Crippen molar-refractivity contribution in [3.63, 3.8) is 0 Å². The zero-order valence-electron chi connectivity index (χ0n) is 11.6. The van der Waals surface area contributed by atoms with Gasteiger partial charge in [-0.3, -0.25) is 0 Å². The van der Waals surface area contributed by atoms with Gasteiger partial charge in [0.2, 0.25) is 0 Å². The Bertz CT molecular complexity index is 624. The Morgan fingerprint density at radius 2 is 2.10 bits per heavy atom. The smallest absolute Gasteiger partial charge is 0.131 e. The minimum Gasteiger partial charge on any atom is -0.493 e. The van der Waals surface area contributed by atoms with Crippen LogP contribution in [0.3, 0.4) is 0 Å². The van der Waals surface area contributed by atoms with Crippen LogP contribution in [0.1, 0.15) is 17.5 Å². The predicted octanol–water partition coefficient (Wildman–Crippen LogP) is 3.54. The maximum Gasteiger partial charge on any atom is 0.131 e. The Hall–Kier alpha value is -1.87. The molecule has 0 aromatic heterocycles. The number of aryl methyl sites for hydroxylation is 1. The van der Waals surface area contributed by atoms with Gasteiger partial charge in [0.1, 0.15) is 11.6 Å². The fourth-order valence-electron chi connectivity index (χ4n) is 2.63. The molecule has 0 atom stereocenters. The Kier molecular flexibility index (Phi) is 3.70. The van der Waals surface area contributed by atoms with Crippen LogP contribution in [0.2, 0.25) is 0 Å². The summed E-state index contributed by atoms with van der Waals surface area (Å²) >= 11 is 0. The molecule has 1 heterocycles. The molecule has 0 spiro atoms. The first-order valence-corrected chi connectivity index (χ1v) is 6.97. The third-order valence-electron chi connectivity index (χ3n) is 3.63. The fourth-order valence-corrected chi connectivity index (χ4v) is 2.63. The second-order valence-corrected chi connectivity index (χ2v) is 5.12. The highest BCUT2D eigenvalue weighted by molar-refractivity contribution is 5.67. The molecular weight excluding hydrogens is 253 g/mol. The van der Waals surface area contributed by atoms with Crippen molar-refractivity contribution in [2.45, 2.75) is 19.4 Å². The number of ether oxygens (including phenoxy) is 1. The van der Waals surface area contributed by atoms with Crippen molar-refractivity contribution in [2.24, 2.45) is 0 Å². The molecule has 0 radical (unpaired) electrons. The average Bonchev–Trinajstić information content (AvgIpc) is 2.47. The van der Waals surface area contributed by atoms with Crippen molar-refractivity contribution in [1.82, 2.24) is 5.32 Å². The normalized spacial score (nSPS) is 13.7. The summed E-state index contributed by atoms with van der Waals surface area (Å²) in [6.07, 6.45) is 2.03. The summed E-state index contributed by atoms with van der Waals surface area (Å²) in [6.45, 7) is 1.45. The number of fused-ring (bicyclic) bond motifs is 1. The Morgan fingerprint density at radius 3 is 2.90 bits per heavy atom. The first kappa shape index (κ1) is 13.1. The summed E-state index contributed by atoms with van der Waals surface area (Å²) in [5.41, 5.74) is 3.70. The number of hydrogen-bond donors (Lipinski definition) is 1. The van der Waals surface area contributed by atoms with Gasteiger partial charge in [0.25, 0.3) is 0 Å². The fraction of sp³-hybridized carbons (Fsp3) is 0.294. The largest absolute Gasteiger partial charge is 0.493 e. The van der Waals surface area contributed by atoms with E-state index >= 15 is 0 Å². The summed E-state index contributed by atoms with van der Waals surface area (Å²) in [5, 5.41) is 3.03. The lowest BCUT2D eigenvalue weighted by atomic mass is 9.98. The number of benzene rings is 2. The lowest BCUT2D eigenvalue weighted by molar-refractivity contribution is 0.288. The second kappa shape index (κ2) is 5.63. The molecule has 0 amide bonds. The molecule has 3 rings (SSSR count). The van der Waals surface area contributed by atoms with Gasteiger partial charge in [-0.15, -0.1) is 0 Å². The van der Waals surface area contributed by atoms with E-state index in [4.69, 9.17) is 4.74 Å². The molecule has 0 saturated carbocycles. The monoisotopic (exact) mass is 271 g/mol. The van der Waals surface area contributed by atoms with E-state index in [1.807, 2.05) is 37.4 Å². The van der Waals surface area contributed by atoms with Crippen molar-refractivity contribution in [3.05, 3.63) is 53.3 Å². The van der Waals surface area contributed by atoms with Crippen LogP contribution in [0.4, 0.5) is 4.39 Å². The molecule has 1 N–H and O–H groups in total. The van der Waals surface area contributed by atoms with Crippen molar-refractivity contribution in [3.8, 4) is 16.9 Å². The topological polar surface area (TPSA) is 21.3 Å². The van der Waals surface area contributed by atoms with Gasteiger partial charge >= 0.3 is 0 Å². The summed E-state index contributed by atoms with van der Waals surface area (Å²) in [6, 6.07) is 11.3. The highest BCUT2D eigenvalue weighted by Gasteiger charge is 2.13. The van der Waals surface area contributed by atoms with Crippen LogP contribution in [0, 0.1) is 5.82 Å². The molecule has 0 unspecified atom stereocenters. The van der Waals surface area contributed by atoms with Crippen molar-refractivity contribution >= 4 is 0 Å². The number of rotatable bonds is 3. The van der Waals surface area contributed by atoms with Gasteiger partial charge in [-0.25, -0.2) is 4.39 Å². The van der Waals surface area contributed by atoms with E-state index in [2.05, 4.69) is 5.32 Å². The van der Waals surface area contributed by atoms with Crippen LogP contribution < -0.4 is 10.1 Å². The number of nitrogens with one attached hydrogen (secondary N) is 1. The number of hydrogen-bond acceptors (Lipinski definition) is 2. The van der Waals surface area contributed by atoms with Gasteiger partial charge < -0.3 is 10.1 Å². The molecule has 1 aliphatic heterocycles. The summed E-state index contributed by atoms with van der Waals surface area (Å²) in [7, 11) is 1.86. The zero-order valence-corrected chi connectivity index (χ0v) is 11.6. The Labute approximate surface area is 118 Å². The first-order chi connectivity index (χ1) is 9.78. The van der Waals surface area contributed by atoms with Gasteiger partial charge in [-0.05, 0) is 54.8 Å². The quantitative estimate of drug-likeness (QED) is 0.922. The van der Waals surface area contributed by atoms with Gasteiger partial charge in [-0.2, -0.15) is 0 Å². The zero-order chi connectivity index (χ0) is 13.9. The molecule has 0 saturated heterocycles. The first-order valence-electron chi connectivity index (χ1n) is 6.97. The lowest BCUT2D eigenvalue weighted by Gasteiger charge is -2.18. The third-order valence-corrected chi connectivity index (χ3v) is 3.63. The van der Waals surface area contributed by atoms with Gasteiger partial charge in [0.15, 0.2) is 0 Å². The predicted molar refractivity (Wildman–Crippen MR) is 78.4 cm³/mol. The van der Waals surface area contributed by atoms with E-state index in [0.29, 0.717) is 12.1 Å². The minimum absolute atomic E-state index is 0.172. The third kappa shape index (κ3) is 2.54. The van der Waals surface area contributed by atoms with E-state index in [1.165, 1.54) is 5.56 Å². The molecule has 3 heteroatoms. The molecule has 2 aromatic rings. The highest BCUT2D eigenvalue weighted by atomic mass is 19.1. The lowest BCUT2D eigenvalue weighted by Crippen LogP contribution is -2.08. The standard InChI is InChI=1S/C17H18FNO/c1-19-11-12-4-6-15(16(18)9-12)13-5-7-17-14(10-13)3-2-8-20-17/h4-7,9-10,19H,2-3,8,11H2,1H3. The number of halogens is 1. The summed E-state index contributed by atoms with van der Waals surface area (Å²) < 4.78 is 19.8. The molecule has 0 aliphatic carbocycles. The van der Waals surface area contributed by atoms with E-state index in [-0.39, 0.29) is 5.82 Å². The molecule has 1 aliphatic rings. The molecule has 0 bridgehead atoms. The SMILES string of the molecule is CNCc1ccc(-c2ccc3c(c2)CCCO3)c(F)c1. The molecule has 0 fully saturated rings. The molecule has 2 aromatic carbocycles. The maximum atomic E-state index is 14.2.